The smallest absolute Gasteiger partial charge is 0.230 e. The highest BCUT2D eigenvalue weighted by molar-refractivity contribution is 8.01. The second kappa shape index (κ2) is 11.3. The number of hydrogen-bond donors (Lipinski definition) is 2. The molecule has 3 aromatic rings. The zero-order valence-corrected chi connectivity index (χ0v) is 17.6. The summed E-state index contributed by atoms with van der Waals surface area (Å²) < 4.78 is 17.0. The summed E-state index contributed by atoms with van der Waals surface area (Å²) in [6.45, 7) is 3.93. The van der Waals surface area contributed by atoms with Crippen LogP contribution in [0.2, 0.25) is 0 Å². The van der Waals surface area contributed by atoms with E-state index in [1.165, 1.54) is 23.1 Å². The highest BCUT2D eigenvalue weighted by Gasteiger charge is 2.08. The van der Waals surface area contributed by atoms with Crippen molar-refractivity contribution in [2.45, 2.75) is 17.8 Å². The molecule has 0 saturated carbocycles. The molecule has 0 unspecified atom stereocenters. The van der Waals surface area contributed by atoms with Gasteiger partial charge in [-0.1, -0.05) is 23.1 Å². The minimum Gasteiger partial charge on any atom is -0.494 e. The third-order valence-electron chi connectivity index (χ3n) is 3.55. The molecule has 2 N–H and O–H groups in total. The van der Waals surface area contributed by atoms with Gasteiger partial charge in [-0.2, -0.15) is 0 Å². The monoisotopic (exact) mass is 434 g/mol. The van der Waals surface area contributed by atoms with E-state index >= 15 is 0 Å². The minimum absolute atomic E-state index is 0.0782. The Labute approximate surface area is 177 Å². The number of hydrogen-bond acceptors (Lipinski definition) is 9. The first kappa shape index (κ1) is 21.0. The van der Waals surface area contributed by atoms with E-state index in [9.17, 15) is 4.79 Å². The number of thioether (sulfide) groups is 1. The molecule has 1 amide bonds. The summed E-state index contributed by atoms with van der Waals surface area (Å²) in [7, 11) is 0. The zero-order chi connectivity index (χ0) is 20.3. The van der Waals surface area contributed by atoms with Gasteiger partial charge in [0.1, 0.15) is 23.9 Å². The van der Waals surface area contributed by atoms with E-state index in [4.69, 9.17) is 13.9 Å². The van der Waals surface area contributed by atoms with E-state index in [0.29, 0.717) is 31.4 Å². The number of benzene rings is 1. The van der Waals surface area contributed by atoms with Gasteiger partial charge in [-0.15, -0.1) is 10.2 Å². The maximum absolute atomic E-state index is 12.0. The molecule has 0 aliphatic carbocycles. The van der Waals surface area contributed by atoms with Crippen molar-refractivity contribution in [2.75, 3.05) is 30.8 Å². The summed E-state index contributed by atoms with van der Waals surface area (Å²) >= 11 is 2.75. The maximum atomic E-state index is 12.0. The Kier molecular flexibility index (Phi) is 8.20. The van der Waals surface area contributed by atoms with Crippen LogP contribution in [-0.4, -0.2) is 41.6 Å². The fourth-order valence-electron chi connectivity index (χ4n) is 2.25. The summed E-state index contributed by atoms with van der Waals surface area (Å²) in [4.78, 5) is 12.0. The molecular weight excluding hydrogens is 412 g/mol. The van der Waals surface area contributed by atoms with Crippen LogP contribution in [-0.2, 0) is 11.3 Å². The lowest BCUT2D eigenvalue weighted by atomic mass is 10.3. The van der Waals surface area contributed by atoms with Crippen LogP contribution in [0.4, 0.5) is 5.13 Å². The third kappa shape index (κ3) is 7.31. The predicted molar refractivity (Wildman–Crippen MR) is 113 cm³/mol. The van der Waals surface area contributed by atoms with Gasteiger partial charge in [0.05, 0.1) is 31.7 Å². The first-order chi connectivity index (χ1) is 14.2. The summed E-state index contributed by atoms with van der Waals surface area (Å²) in [5, 5.41) is 14.8. The molecule has 154 valence electrons. The number of nitrogens with zero attached hydrogens (tertiary/aromatic N) is 2. The summed E-state index contributed by atoms with van der Waals surface area (Å²) in [5.41, 5.74) is 0. The number of furan rings is 1. The Balaban J connectivity index is 1.29. The predicted octanol–water partition coefficient (Wildman–Crippen LogP) is 3.43. The van der Waals surface area contributed by atoms with Crippen LogP contribution in [0.25, 0.3) is 0 Å². The van der Waals surface area contributed by atoms with Gasteiger partial charge in [0.15, 0.2) is 4.34 Å². The van der Waals surface area contributed by atoms with Crippen LogP contribution in [0.1, 0.15) is 12.7 Å². The van der Waals surface area contributed by atoms with Crippen molar-refractivity contribution in [3.63, 3.8) is 0 Å². The van der Waals surface area contributed by atoms with Crippen molar-refractivity contribution in [3.05, 3.63) is 48.4 Å². The minimum atomic E-state index is -0.0782. The van der Waals surface area contributed by atoms with Gasteiger partial charge in [-0.25, -0.2) is 0 Å². The Morgan fingerprint density at radius 2 is 1.97 bits per heavy atom. The van der Waals surface area contributed by atoms with Crippen molar-refractivity contribution in [1.82, 2.24) is 15.5 Å². The van der Waals surface area contributed by atoms with Crippen molar-refractivity contribution in [2.24, 2.45) is 0 Å². The van der Waals surface area contributed by atoms with Gasteiger partial charge >= 0.3 is 0 Å². The molecule has 0 spiro atoms. The van der Waals surface area contributed by atoms with Gasteiger partial charge in [0, 0.05) is 0 Å². The second-order valence-electron chi connectivity index (χ2n) is 5.70. The molecule has 2 aromatic heterocycles. The molecular formula is C19H22N4O4S2. The SMILES string of the molecule is CCOc1ccc(OCCNC(=O)CSc2nnc(NCc3ccco3)s2)cc1. The van der Waals surface area contributed by atoms with E-state index in [0.717, 1.165) is 21.6 Å². The third-order valence-corrected chi connectivity index (χ3v) is 5.57. The van der Waals surface area contributed by atoms with Crippen molar-refractivity contribution >= 4 is 34.1 Å². The van der Waals surface area contributed by atoms with E-state index in [2.05, 4.69) is 20.8 Å². The number of carbonyl (C=O) groups excluding carboxylic acids is 1. The van der Waals surface area contributed by atoms with Gasteiger partial charge in [-0.05, 0) is 43.3 Å². The Hall–Kier alpha value is -2.72. The summed E-state index contributed by atoms with van der Waals surface area (Å²) in [6.07, 6.45) is 1.63. The van der Waals surface area contributed by atoms with E-state index in [1.807, 2.05) is 43.3 Å². The van der Waals surface area contributed by atoms with E-state index in [-0.39, 0.29) is 11.7 Å². The average molecular weight is 435 g/mol. The first-order valence-electron chi connectivity index (χ1n) is 9.08. The molecule has 0 aliphatic rings. The fraction of sp³-hybridized carbons (Fsp3) is 0.316. The number of aromatic nitrogens is 2. The highest BCUT2D eigenvalue weighted by Crippen LogP contribution is 2.25. The molecule has 0 radical (unpaired) electrons. The van der Waals surface area contributed by atoms with Crippen molar-refractivity contribution in [1.29, 1.82) is 0 Å². The van der Waals surface area contributed by atoms with E-state index in [1.54, 1.807) is 6.26 Å². The lowest BCUT2D eigenvalue weighted by molar-refractivity contribution is -0.118. The van der Waals surface area contributed by atoms with E-state index < -0.39 is 0 Å². The van der Waals surface area contributed by atoms with Gasteiger partial charge in [0.25, 0.3) is 0 Å². The normalized spacial score (nSPS) is 10.5. The molecule has 0 fully saturated rings. The van der Waals surface area contributed by atoms with Crippen LogP contribution in [0.3, 0.4) is 0 Å². The molecule has 0 bridgehead atoms. The molecule has 3 rings (SSSR count). The zero-order valence-electron chi connectivity index (χ0n) is 15.9. The molecule has 1 aromatic carbocycles. The van der Waals surface area contributed by atoms with Crippen LogP contribution >= 0.6 is 23.1 Å². The standard InChI is InChI=1S/C19H22N4O4S2/c1-2-25-14-5-7-15(8-6-14)27-11-9-20-17(24)13-28-19-23-22-18(29-19)21-12-16-4-3-10-26-16/h3-8,10H,2,9,11-13H2,1H3,(H,20,24)(H,21,22). The van der Waals surface area contributed by atoms with Crippen molar-refractivity contribution < 1.29 is 18.7 Å². The molecule has 0 atom stereocenters. The number of anilines is 1. The summed E-state index contributed by atoms with van der Waals surface area (Å²) in [6, 6.07) is 11.1. The fourth-order valence-corrected chi connectivity index (χ4v) is 3.83. The Morgan fingerprint density at radius 3 is 2.69 bits per heavy atom. The molecule has 10 heteroatoms. The highest BCUT2D eigenvalue weighted by atomic mass is 32.2. The van der Waals surface area contributed by atoms with Gasteiger partial charge < -0.3 is 24.5 Å². The number of amides is 1. The summed E-state index contributed by atoms with van der Waals surface area (Å²) in [5.74, 6) is 2.56. The Bertz CT molecular complexity index is 869. The lowest BCUT2D eigenvalue weighted by Crippen LogP contribution is -2.29. The molecule has 2 heterocycles. The number of ether oxygens (including phenoxy) is 2. The van der Waals surface area contributed by atoms with Crippen LogP contribution in [0, 0.1) is 0 Å². The quantitative estimate of drug-likeness (QED) is 0.330. The number of nitrogens with one attached hydrogen (secondary N) is 2. The van der Waals surface area contributed by atoms with Crippen LogP contribution in [0.15, 0.2) is 51.4 Å². The molecule has 8 nitrogen and oxygen atoms in total. The average Bonchev–Trinajstić information content (AvgIpc) is 3.41. The van der Waals surface area contributed by atoms with Gasteiger partial charge in [-0.3, -0.25) is 4.79 Å². The molecule has 29 heavy (non-hydrogen) atoms. The van der Waals surface area contributed by atoms with Crippen molar-refractivity contribution in [3.8, 4) is 11.5 Å². The maximum Gasteiger partial charge on any atom is 0.230 e. The molecule has 0 aliphatic heterocycles. The molecule has 0 saturated heterocycles. The number of carbonyl (C=O) groups is 1. The Morgan fingerprint density at radius 1 is 1.17 bits per heavy atom. The van der Waals surface area contributed by atoms with Gasteiger partial charge in [0.2, 0.25) is 11.0 Å². The first-order valence-corrected chi connectivity index (χ1v) is 10.9. The topological polar surface area (TPSA) is 98.5 Å². The van der Waals surface area contributed by atoms with Crippen LogP contribution in [0.5, 0.6) is 11.5 Å². The van der Waals surface area contributed by atoms with Crippen LogP contribution < -0.4 is 20.1 Å². The second-order valence-corrected chi connectivity index (χ2v) is 7.90. The lowest BCUT2D eigenvalue weighted by Gasteiger charge is -2.08. The number of rotatable bonds is 12. The largest absolute Gasteiger partial charge is 0.494 e.